The first-order chi connectivity index (χ1) is 12.6. The molecule has 0 bridgehead atoms. The van der Waals surface area contributed by atoms with Crippen LogP contribution in [0.1, 0.15) is 56.1 Å². The number of nitrogens with one attached hydrogen (secondary N) is 2. The highest BCUT2D eigenvalue weighted by atomic mass is 16.2. The van der Waals surface area contributed by atoms with Crippen molar-refractivity contribution < 1.29 is 9.59 Å². The molecule has 2 aliphatic rings. The third-order valence-electron chi connectivity index (χ3n) is 5.67. The van der Waals surface area contributed by atoms with Gasteiger partial charge in [-0.3, -0.25) is 4.79 Å². The van der Waals surface area contributed by atoms with Gasteiger partial charge in [0.1, 0.15) is 0 Å². The molecule has 1 saturated heterocycles. The van der Waals surface area contributed by atoms with Gasteiger partial charge in [0.05, 0.1) is 5.92 Å². The molecule has 5 nitrogen and oxygen atoms in total. The Morgan fingerprint density at radius 2 is 1.88 bits per heavy atom. The molecule has 2 fully saturated rings. The van der Waals surface area contributed by atoms with Crippen LogP contribution in [-0.4, -0.2) is 36.0 Å². The molecule has 0 unspecified atom stereocenters. The lowest BCUT2D eigenvalue weighted by Crippen LogP contribution is -2.50. The maximum absolute atomic E-state index is 12.9. The molecule has 2 atom stereocenters. The zero-order valence-electron chi connectivity index (χ0n) is 15.8. The zero-order chi connectivity index (χ0) is 18.4. The molecule has 1 aromatic rings. The Morgan fingerprint density at radius 3 is 2.69 bits per heavy atom. The standard InChI is InChI=1S/C21H31N3O2/c1-16-9-11-17(12-10-16)15-23-21(26)24-14-5-3-2-4-13-22-20(25)18-7-6-8-19(18)24/h9-12,18-19H,2-8,13-15H2,1H3,(H,22,25)(H,23,26)/t18-,19+/m1/s1. The number of amides is 3. The van der Waals surface area contributed by atoms with Crippen LogP contribution in [0, 0.1) is 12.8 Å². The third kappa shape index (κ3) is 4.77. The number of hydrogen-bond acceptors (Lipinski definition) is 2. The lowest BCUT2D eigenvalue weighted by atomic mass is 10.0. The van der Waals surface area contributed by atoms with Crippen LogP contribution >= 0.6 is 0 Å². The number of fused-ring (bicyclic) bond motifs is 1. The van der Waals surface area contributed by atoms with Crippen LogP contribution < -0.4 is 10.6 Å². The monoisotopic (exact) mass is 357 g/mol. The first-order valence-electron chi connectivity index (χ1n) is 10.0. The first-order valence-corrected chi connectivity index (χ1v) is 10.0. The van der Waals surface area contributed by atoms with E-state index in [2.05, 4.69) is 29.7 Å². The molecule has 3 amide bonds. The Hall–Kier alpha value is -2.04. The molecule has 1 aromatic carbocycles. The van der Waals surface area contributed by atoms with Gasteiger partial charge in [0.25, 0.3) is 0 Å². The maximum atomic E-state index is 12.9. The lowest BCUT2D eigenvalue weighted by Gasteiger charge is -2.32. The second-order valence-electron chi connectivity index (χ2n) is 7.65. The summed E-state index contributed by atoms with van der Waals surface area (Å²) in [6.45, 7) is 4.09. The van der Waals surface area contributed by atoms with Crippen molar-refractivity contribution in [1.82, 2.24) is 15.5 Å². The average Bonchev–Trinajstić information content (AvgIpc) is 3.11. The van der Waals surface area contributed by atoms with Gasteiger partial charge in [-0.1, -0.05) is 49.1 Å². The fourth-order valence-electron chi connectivity index (χ4n) is 4.13. The van der Waals surface area contributed by atoms with Crippen LogP contribution in [0.5, 0.6) is 0 Å². The Bertz CT molecular complexity index is 614. The molecule has 2 N–H and O–H groups in total. The Balaban J connectivity index is 1.67. The van der Waals surface area contributed by atoms with Gasteiger partial charge in [0.2, 0.25) is 5.91 Å². The summed E-state index contributed by atoms with van der Waals surface area (Å²) < 4.78 is 0. The van der Waals surface area contributed by atoms with Crippen LogP contribution in [0.2, 0.25) is 0 Å². The van der Waals surface area contributed by atoms with E-state index in [1.165, 1.54) is 5.56 Å². The summed E-state index contributed by atoms with van der Waals surface area (Å²) in [7, 11) is 0. The van der Waals surface area contributed by atoms with Crippen molar-refractivity contribution in [3.8, 4) is 0 Å². The summed E-state index contributed by atoms with van der Waals surface area (Å²) >= 11 is 0. The highest BCUT2D eigenvalue weighted by Crippen LogP contribution is 2.31. The van der Waals surface area contributed by atoms with Gasteiger partial charge >= 0.3 is 6.03 Å². The lowest BCUT2D eigenvalue weighted by molar-refractivity contribution is -0.126. The predicted molar refractivity (Wildman–Crippen MR) is 103 cm³/mol. The van der Waals surface area contributed by atoms with Crippen LogP contribution in [0.25, 0.3) is 0 Å². The summed E-state index contributed by atoms with van der Waals surface area (Å²) in [5, 5.41) is 6.15. The van der Waals surface area contributed by atoms with E-state index in [0.29, 0.717) is 6.54 Å². The van der Waals surface area contributed by atoms with Crippen molar-refractivity contribution in [1.29, 1.82) is 0 Å². The highest BCUT2D eigenvalue weighted by molar-refractivity contribution is 5.81. The van der Waals surface area contributed by atoms with E-state index in [1.54, 1.807) is 0 Å². The molecule has 26 heavy (non-hydrogen) atoms. The minimum absolute atomic E-state index is 0.0329. The van der Waals surface area contributed by atoms with Gasteiger partial charge in [-0.15, -0.1) is 0 Å². The SMILES string of the molecule is Cc1ccc(CNC(=O)N2CCCCCCNC(=O)[C@@H]3CCC[C@@H]32)cc1. The zero-order valence-corrected chi connectivity index (χ0v) is 15.8. The van der Waals surface area contributed by atoms with E-state index in [4.69, 9.17) is 0 Å². The molecule has 5 heteroatoms. The van der Waals surface area contributed by atoms with E-state index in [-0.39, 0.29) is 23.9 Å². The fourth-order valence-corrected chi connectivity index (χ4v) is 4.13. The molecular weight excluding hydrogens is 326 g/mol. The normalized spacial score (nSPS) is 24.3. The molecule has 1 aliphatic carbocycles. The number of urea groups is 1. The number of carbonyl (C=O) groups is 2. The molecule has 0 spiro atoms. The minimum Gasteiger partial charge on any atom is -0.356 e. The van der Waals surface area contributed by atoms with Gasteiger partial charge in [-0.25, -0.2) is 4.79 Å². The van der Waals surface area contributed by atoms with Crippen molar-refractivity contribution >= 4 is 11.9 Å². The molecule has 1 heterocycles. The van der Waals surface area contributed by atoms with Crippen LogP contribution in [0.15, 0.2) is 24.3 Å². The second kappa shape index (κ2) is 9.06. The van der Waals surface area contributed by atoms with Crippen molar-refractivity contribution in [3.05, 3.63) is 35.4 Å². The Kier molecular flexibility index (Phi) is 6.53. The maximum Gasteiger partial charge on any atom is 0.317 e. The molecule has 1 saturated carbocycles. The van der Waals surface area contributed by atoms with Gasteiger partial charge in [0, 0.05) is 25.7 Å². The largest absolute Gasteiger partial charge is 0.356 e. The topological polar surface area (TPSA) is 61.4 Å². The minimum atomic E-state index is -0.0572. The predicted octanol–water partition coefficient (Wildman–Crippen LogP) is 3.37. The summed E-state index contributed by atoms with van der Waals surface area (Å²) in [6.07, 6.45) is 7.08. The van der Waals surface area contributed by atoms with E-state index < -0.39 is 0 Å². The number of benzene rings is 1. The van der Waals surface area contributed by atoms with Crippen molar-refractivity contribution in [2.24, 2.45) is 5.92 Å². The Morgan fingerprint density at radius 1 is 1.12 bits per heavy atom. The average molecular weight is 357 g/mol. The third-order valence-corrected chi connectivity index (χ3v) is 5.67. The van der Waals surface area contributed by atoms with E-state index in [1.807, 2.05) is 17.0 Å². The van der Waals surface area contributed by atoms with Crippen LogP contribution in [-0.2, 0) is 11.3 Å². The van der Waals surface area contributed by atoms with Gasteiger partial charge in [-0.05, 0) is 38.2 Å². The molecular formula is C21H31N3O2. The van der Waals surface area contributed by atoms with E-state index in [9.17, 15) is 9.59 Å². The van der Waals surface area contributed by atoms with Gasteiger partial charge in [0.15, 0.2) is 0 Å². The smallest absolute Gasteiger partial charge is 0.317 e. The van der Waals surface area contributed by atoms with Crippen molar-refractivity contribution in [3.63, 3.8) is 0 Å². The van der Waals surface area contributed by atoms with Crippen molar-refractivity contribution in [2.75, 3.05) is 13.1 Å². The number of hydrogen-bond donors (Lipinski definition) is 2. The molecule has 3 rings (SSSR count). The fraction of sp³-hybridized carbons (Fsp3) is 0.619. The highest BCUT2D eigenvalue weighted by Gasteiger charge is 2.38. The molecule has 142 valence electrons. The van der Waals surface area contributed by atoms with Crippen LogP contribution in [0.3, 0.4) is 0 Å². The molecule has 0 aromatic heterocycles. The molecule has 0 radical (unpaired) electrons. The summed E-state index contributed by atoms with van der Waals surface area (Å²) in [5.74, 6) is 0.0731. The van der Waals surface area contributed by atoms with Crippen LogP contribution in [0.4, 0.5) is 4.79 Å². The van der Waals surface area contributed by atoms with Gasteiger partial charge in [-0.2, -0.15) is 0 Å². The number of nitrogens with zero attached hydrogens (tertiary/aromatic N) is 1. The quantitative estimate of drug-likeness (QED) is 0.852. The summed E-state index contributed by atoms with van der Waals surface area (Å²) in [4.78, 5) is 27.4. The Labute approximate surface area is 156 Å². The molecule has 1 aliphatic heterocycles. The number of carbonyl (C=O) groups excluding carboxylic acids is 2. The van der Waals surface area contributed by atoms with E-state index >= 15 is 0 Å². The first kappa shape index (κ1) is 18.7. The summed E-state index contributed by atoms with van der Waals surface area (Å²) in [5.41, 5.74) is 2.31. The second-order valence-corrected chi connectivity index (χ2v) is 7.65. The number of rotatable bonds is 2. The van der Waals surface area contributed by atoms with E-state index in [0.717, 1.165) is 63.6 Å². The van der Waals surface area contributed by atoms with Gasteiger partial charge < -0.3 is 15.5 Å². The number of aryl methyl sites for hydroxylation is 1. The summed E-state index contributed by atoms with van der Waals surface area (Å²) in [6, 6.07) is 8.22. The van der Waals surface area contributed by atoms with Crippen molar-refractivity contribution in [2.45, 2.75) is 64.5 Å².